The molecule has 3 heteroatoms. The molecule has 12 heavy (non-hydrogen) atoms. The minimum absolute atomic E-state index is 0.00782. The summed E-state index contributed by atoms with van der Waals surface area (Å²) in [6.45, 7) is 5.01. The zero-order chi connectivity index (χ0) is 8.97. The van der Waals surface area contributed by atoms with E-state index in [-0.39, 0.29) is 6.10 Å². The molecule has 0 radical (unpaired) electrons. The molecular formula is C9H18O3. The fraction of sp³-hybridized carbons (Fsp3) is 1.00. The van der Waals surface area contributed by atoms with Crippen LogP contribution in [0, 0.1) is 0 Å². The van der Waals surface area contributed by atoms with Crippen molar-refractivity contribution in [2.75, 3.05) is 13.2 Å². The van der Waals surface area contributed by atoms with Crippen LogP contribution in [0.5, 0.6) is 0 Å². The van der Waals surface area contributed by atoms with Gasteiger partial charge in [0.05, 0.1) is 18.8 Å². The minimum atomic E-state index is -0.449. The summed E-state index contributed by atoms with van der Waals surface area (Å²) >= 11 is 0. The van der Waals surface area contributed by atoms with E-state index in [0.717, 1.165) is 12.8 Å². The Morgan fingerprint density at radius 1 is 1.58 bits per heavy atom. The SMILES string of the molecule is CCOCC(O)C1CCC(C)O1. The summed E-state index contributed by atoms with van der Waals surface area (Å²) in [6.07, 6.45) is 1.84. The van der Waals surface area contributed by atoms with E-state index in [4.69, 9.17) is 9.47 Å². The van der Waals surface area contributed by atoms with Crippen molar-refractivity contribution >= 4 is 0 Å². The van der Waals surface area contributed by atoms with Crippen molar-refractivity contribution in [2.24, 2.45) is 0 Å². The summed E-state index contributed by atoms with van der Waals surface area (Å²) in [5.41, 5.74) is 0. The van der Waals surface area contributed by atoms with Crippen LogP contribution in [0.3, 0.4) is 0 Å². The molecule has 0 amide bonds. The molecule has 3 unspecified atom stereocenters. The highest BCUT2D eigenvalue weighted by Gasteiger charge is 2.27. The quantitative estimate of drug-likeness (QED) is 0.689. The molecule has 1 heterocycles. The van der Waals surface area contributed by atoms with Crippen LogP contribution in [-0.2, 0) is 9.47 Å². The predicted octanol–water partition coefficient (Wildman–Crippen LogP) is 0.951. The van der Waals surface area contributed by atoms with E-state index in [0.29, 0.717) is 19.3 Å². The van der Waals surface area contributed by atoms with E-state index in [1.54, 1.807) is 0 Å². The second-order valence-corrected chi connectivity index (χ2v) is 3.29. The smallest absolute Gasteiger partial charge is 0.103 e. The lowest BCUT2D eigenvalue weighted by molar-refractivity contribution is -0.0626. The molecule has 1 aliphatic heterocycles. The van der Waals surface area contributed by atoms with Crippen LogP contribution in [0.2, 0.25) is 0 Å². The van der Waals surface area contributed by atoms with Crippen LogP contribution in [-0.4, -0.2) is 36.6 Å². The largest absolute Gasteiger partial charge is 0.388 e. The highest BCUT2D eigenvalue weighted by Crippen LogP contribution is 2.21. The molecule has 1 N–H and O–H groups in total. The first-order chi connectivity index (χ1) is 5.74. The van der Waals surface area contributed by atoms with Gasteiger partial charge in [0.2, 0.25) is 0 Å². The van der Waals surface area contributed by atoms with Gasteiger partial charge in [-0.1, -0.05) is 0 Å². The van der Waals surface area contributed by atoms with E-state index in [1.807, 2.05) is 13.8 Å². The predicted molar refractivity (Wildman–Crippen MR) is 46.1 cm³/mol. The Morgan fingerprint density at radius 3 is 2.83 bits per heavy atom. The maximum atomic E-state index is 9.55. The number of aliphatic hydroxyl groups excluding tert-OH is 1. The first-order valence-corrected chi connectivity index (χ1v) is 4.65. The van der Waals surface area contributed by atoms with Gasteiger partial charge in [0.1, 0.15) is 6.10 Å². The van der Waals surface area contributed by atoms with E-state index in [9.17, 15) is 5.11 Å². The van der Waals surface area contributed by atoms with Crippen molar-refractivity contribution in [3.63, 3.8) is 0 Å². The summed E-state index contributed by atoms with van der Waals surface area (Å²) in [6, 6.07) is 0. The molecular weight excluding hydrogens is 156 g/mol. The second-order valence-electron chi connectivity index (χ2n) is 3.29. The van der Waals surface area contributed by atoms with Gasteiger partial charge in [0, 0.05) is 6.61 Å². The molecule has 0 saturated carbocycles. The van der Waals surface area contributed by atoms with Gasteiger partial charge in [-0.3, -0.25) is 0 Å². The molecule has 0 aromatic carbocycles. The zero-order valence-electron chi connectivity index (χ0n) is 7.82. The molecule has 0 spiro atoms. The Kier molecular flexibility index (Phi) is 3.98. The first kappa shape index (κ1) is 9.96. The van der Waals surface area contributed by atoms with Crippen LogP contribution >= 0.6 is 0 Å². The Bertz CT molecular complexity index is 127. The molecule has 0 aliphatic carbocycles. The molecule has 0 bridgehead atoms. The van der Waals surface area contributed by atoms with Gasteiger partial charge in [-0.2, -0.15) is 0 Å². The average Bonchev–Trinajstić information content (AvgIpc) is 2.47. The van der Waals surface area contributed by atoms with Crippen molar-refractivity contribution in [2.45, 2.75) is 45.0 Å². The summed E-state index contributed by atoms with van der Waals surface area (Å²) in [5.74, 6) is 0. The van der Waals surface area contributed by atoms with Crippen LogP contribution in [0.4, 0.5) is 0 Å². The van der Waals surface area contributed by atoms with Crippen LogP contribution in [0.15, 0.2) is 0 Å². The Balaban J connectivity index is 2.18. The van der Waals surface area contributed by atoms with Crippen LogP contribution in [0.25, 0.3) is 0 Å². The fourth-order valence-electron chi connectivity index (χ4n) is 1.46. The first-order valence-electron chi connectivity index (χ1n) is 4.65. The maximum Gasteiger partial charge on any atom is 0.103 e. The Morgan fingerprint density at radius 2 is 2.33 bits per heavy atom. The standard InChI is InChI=1S/C9H18O3/c1-3-11-6-8(10)9-5-4-7(2)12-9/h7-10H,3-6H2,1-2H3. The van der Waals surface area contributed by atoms with E-state index in [1.165, 1.54) is 0 Å². The normalized spacial score (nSPS) is 32.2. The molecule has 0 aromatic heterocycles. The molecule has 1 aliphatic rings. The van der Waals surface area contributed by atoms with Gasteiger partial charge in [-0.25, -0.2) is 0 Å². The lowest BCUT2D eigenvalue weighted by Crippen LogP contribution is -2.30. The van der Waals surface area contributed by atoms with Crippen molar-refractivity contribution in [1.29, 1.82) is 0 Å². The van der Waals surface area contributed by atoms with Gasteiger partial charge in [0.15, 0.2) is 0 Å². The topological polar surface area (TPSA) is 38.7 Å². The van der Waals surface area contributed by atoms with Crippen LogP contribution < -0.4 is 0 Å². The third-order valence-electron chi connectivity index (χ3n) is 2.19. The third-order valence-corrected chi connectivity index (χ3v) is 2.19. The molecule has 1 saturated heterocycles. The summed E-state index contributed by atoms with van der Waals surface area (Å²) in [4.78, 5) is 0. The lowest BCUT2D eigenvalue weighted by Gasteiger charge is -2.17. The average molecular weight is 174 g/mol. The van der Waals surface area contributed by atoms with Gasteiger partial charge in [-0.05, 0) is 26.7 Å². The fourth-order valence-corrected chi connectivity index (χ4v) is 1.46. The number of hydrogen-bond acceptors (Lipinski definition) is 3. The van der Waals surface area contributed by atoms with E-state index >= 15 is 0 Å². The molecule has 0 aromatic rings. The molecule has 72 valence electrons. The number of rotatable bonds is 4. The van der Waals surface area contributed by atoms with Crippen molar-refractivity contribution in [1.82, 2.24) is 0 Å². The second kappa shape index (κ2) is 4.80. The van der Waals surface area contributed by atoms with E-state index < -0.39 is 6.10 Å². The lowest BCUT2D eigenvalue weighted by atomic mass is 10.1. The third kappa shape index (κ3) is 2.73. The number of hydrogen-bond donors (Lipinski definition) is 1. The molecule has 3 atom stereocenters. The van der Waals surface area contributed by atoms with Gasteiger partial charge >= 0.3 is 0 Å². The highest BCUT2D eigenvalue weighted by atomic mass is 16.5. The molecule has 3 nitrogen and oxygen atoms in total. The molecule has 1 rings (SSSR count). The zero-order valence-corrected chi connectivity index (χ0v) is 7.82. The number of ether oxygens (including phenoxy) is 2. The van der Waals surface area contributed by atoms with Crippen LogP contribution in [0.1, 0.15) is 26.7 Å². The summed E-state index contributed by atoms with van der Waals surface area (Å²) in [7, 11) is 0. The molecule has 1 fully saturated rings. The van der Waals surface area contributed by atoms with Gasteiger partial charge in [-0.15, -0.1) is 0 Å². The van der Waals surface area contributed by atoms with E-state index in [2.05, 4.69) is 0 Å². The summed E-state index contributed by atoms with van der Waals surface area (Å²) in [5, 5.41) is 9.55. The van der Waals surface area contributed by atoms with Crippen molar-refractivity contribution in [3.8, 4) is 0 Å². The Labute approximate surface area is 73.7 Å². The summed E-state index contributed by atoms with van der Waals surface area (Å²) < 4.78 is 10.6. The number of aliphatic hydroxyl groups is 1. The van der Waals surface area contributed by atoms with Gasteiger partial charge in [0.25, 0.3) is 0 Å². The monoisotopic (exact) mass is 174 g/mol. The van der Waals surface area contributed by atoms with Crippen molar-refractivity contribution in [3.05, 3.63) is 0 Å². The maximum absolute atomic E-state index is 9.55. The van der Waals surface area contributed by atoms with Crippen molar-refractivity contribution < 1.29 is 14.6 Å². The Hall–Kier alpha value is -0.120. The minimum Gasteiger partial charge on any atom is -0.388 e. The highest BCUT2D eigenvalue weighted by molar-refractivity contribution is 4.76. The van der Waals surface area contributed by atoms with Gasteiger partial charge < -0.3 is 14.6 Å².